The van der Waals surface area contributed by atoms with Crippen LogP contribution in [-0.2, 0) is 0 Å². The third kappa shape index (κ3) is 2.77. The molecule has 0 bridgehead atoms. The summed E-state index contributed by atoms with van der Waals surface area (Å²) in [6.07, 6.45) is 0.791. The Bertz CT molecular complexity index is 519. The highest BCUT2D eigenvalue weighted by Gasteiger charge is 2.22. The fraction of sp³-hybridized carbons (Fsp3) is 0.294. The van der Waals surface area contributed by atoms with Gasteiger partial charge in [-0.1, -0.05) is 37.3 Å². The molecule has 0 aliphatic heterocycles. The summed E-state index contributed by atoms with van der Waals surface area (Å²) >= 11 is 0. The van der Waals surface area contributed by atoms with Crippen LogP contribution in [0.5, 0.6) is 5.75 Å². The van der Waals surface area contributed by atoms with Gasteiger partial charge in [0.1, 0.15) is 11.6 Å². The minimum atomic E-state index is -0.233. The molecule has 2 aromatic rings. The molecule has 0 aliphatic rings. The lowest BCUT2D eigenvalue weighted by Gasteiger charge is -2.33. The highest BCUT2D eigenvalue weighted by molar-refractivity contribution is 5.51. The molecule has 106 valence electrons. The largest absolute Gasteiger partial charge is 0.508 e. The summed E-state index contributed by atoms with van der Waals surface area (Å²) in [6, 6.07) is 14.0. The van der Waals surface area contributed by atoms with Gasteiger partial charge in [0.2, 0.25) is 0 Å². The van der Waals surface area contributed by atoms with Crippen LogP contribution in [0, 0.1) is 5.82 Å². The summed E-state index contributed by atoms with van der Waals surface area (Å²) in [5.41, 5.74) is 1.41. The van der Waals surface area contributed by atoms with Crippen LogP contribution in [0.25, 0.3) is 0 Å². The van der Waals surface area contributed by atoms with Crippen LogP contribution in [0.4, 0.5) is 10.1 Å². The van der Waals surface area contributed by atoms with Crippen molar-refractivity contribution in [2.24, 2.45) is 0 Å². The first-order chi connectivity index (χ1) is 9.69. The number of anilines is 1. The zero-order chi connectivity index (χ0) is 14.5. The quantitative estimate of drug-likeness (QED) is 0.866. The second-order valence-electron chi connectivity index (χ2n) is 4.72. The second-order valence-corrected chi connectivity index (χ2v) is 4.72. The minimum absolute atomic E-state index is 0.0434. The van der Waals surface area contributed by atoms with Crippen LogP contribution in [0.1, 0.15) is 31.9 Å². The first kappa shape index (κ1) is 14.4. The molecule has 0 amide bonds. The van der Waals surface area contributed by atoms with Crippen molar-refractivity contribution in [3.8, 4) is 5.75 Å². The summed E-state index contributed by atoms with van der Waals surface area (Å²) in [7, 11) is 0. The number of nitrogens with zero attached hydrogens (tertiary/aromatic N) is 1. The first-order valence-electron chi connectivity index (χ1n) is 6.98. The van der Waals surface area contributed by atoms with Crippen molar-refractivity contribution < 1.29 is 9.50 Å². The van der Waals surface area contributed by atoms with Crippen LogP contribution in [0.15, 0.2) is 48.5 Å². The minimum Gasteiger partial charge on any atom is -0.508 e. The molecule has 0 heterocycles. The van der Waals surface area contributed by atoms with E-state index in [1.54, 1.807) is 24.3 Å². The van der Waals surface area contributed by atoms with Crippen LogP contribution in [0.2, 0.25) is 0 Å². The van der Waals surface area contributed by atoms with Gasteiger partial charge in [0.05, 0.1) is 11.7 Å². The van der Waals surface area contributed by atoms with E-state index in [1.807, 2.05) is 36.9 Å². The molecule has 2 aromatic carbocycles. The molecule has 0 saturated carbocycles. The van der Waals surface area contributed by atoms with E-state index in [-0.39, 0.29) is 17.6 Å². The normalized spacial score (nSPS) is 12.2. The van der Waals surface area contributed by atoms with Crippen molar-refractivity contribution in [3.63, 3.8) is 0 Å². The van der Waals surface area contributed by atoms with Gasteiger partial charge in [0, 0.05) is 12.1 Å². The number of halogens is 1. The van der Waals surface area contributed by atoms with Gasteiger partial charge in [0.15, 0.2) is 0 Å². The van der Waals surface area contributed by atoms with Gasteiger partial charge in [-0.05, 0) is 31.5 Å². The van der Waals surface area contributed by atoms with E-state index < -0.39 is 0 Å². The third-order valence-electron chi connectivity index (χ3n) is 3.56. The first-order valence-corrected chi connectivity index (χ1v) is 6.98. The number of rotatable bonds is 5. The Labute approximate surface area is 119 Å². The smallest absolute Gasteiger partial charge is 0.146 e. The number of aromatic hydroxyl groups is 1. The molecule has 0 aliphatic carbocycles. The lowest BCUT2D eigenvalue weighted by Crippen LogP contribution is -2.29. The molecular formula is C17H20FNO. The molecule has 3 heteroatoms. The second kappa shape index (κ2) is 6.42. The molecule has 1 unspecified atom stereocenters. The van der Waals surface area contributed by atoms with E-state index in [4.69, 9.17) is 0 Å². The fourth-order valence-corrected chi connectivity index (χ4v) is 2.62. The Balaban J connectivity index is 2.44. The van der Waals surface area contributed by atoms with Crippen molar-refractivity contribution in [1.82, 2.24) is 0 Å². The molecule has 0 aromatic heterocycles. The monoisotopic (exact) mass is 273 g/mol. The lowest BCUT2D eigenvalue weighted by molar-refractivity contribution is 0.455. The average molecular weight is 273 g/mol. The van der Waals surface area contributed by atoms with E-state index in [1.165, 1.54) is 6.07 Å². The Hall–Kier alpha value is -2.03. The standard InChI is InChI=1S/C17H20FNO/c1-3-15(13-9-5-8-12-17(13)20)19(4-2)16-11-7-6-10-14(16)18/h5-12,15,20H,3-4H2,1-2H3. The van der Waals surface area contributed by atoms with Gasteiger partial charge in [-0.2, -0.15) is 0 Å². The van der Waals surface area contributed by atoms with Crippen molar-refractivity contribution in [2.45, 2.75) is 26.3 Å². The van der Waals surface area contributed by atoms with E-state index in [0.717, 1.165) is 12.0 Å². The lowest BCUT2D eigenvalue weighted by atomic mass is 10.0. The Morgan fingerprint density at radius 3 is 2.30 bits per heavy atom. The van der Waals surface area contributed by atoms with Crippen molar-refractivity contribution in [1.29, 1.82) is 0 Å². The Morgan fingerprint density at radius 2 is 1.70 bits per heavy atom. The van der Waals surface area contributed by atoms with E-state index >= 15 is 0 Å². The van der Waals surface area contributed by atoms with Gasteiger partial charge >= 0.3 is 0 Å². The topological polar surface area (TPSA) is 23.5 Å². The van der Waals surface area contributed by atoms with Gasteiger partial charge < -0.3 is 10.0 Å². The molecule has 1 N–H and O–H groups in total. The third-order valence-corrected chi connectivity index (χ3v) is 3.56. The molecule has 0 fully saturated rings. The number of phenolic OH excluding ortho intramolecular Hbond substituents is 1. The average Bonchev–Trinajstić information content (AvgIpc) is 2.47. The summed E-state index contributed by atoms with van der Waals surface area (Å²) in [4.78, 5) is 1.99. The molecule has 20 heavy (non-hydrogen) atoms. The van der Waals surface area contributed by atoms with Gasteiger partial charge in [-0.15, -0.1) is 0 Å². The SMILES string of the molecule is CCC(c1ccccc1O)N(CC)c1ccccc1F. The summed E-state index contributed by atoms with van der Waals surface area (Å²) < 4.78 is 14.0. The van der Waals surface area contributed by atoms with Crippen LogP contribution >= 0.6 is 0 Å². The molecular weight excluding hydrogens is 253 g/mol. The molecule has 1 atom stereocenters. The molecule has 2 nitrogen and oxygen atoms in total. The Kier molecular flexibility index (Phi) is 4.61. The number of para-hydroxylation sites is 2. The Morgan fingerprint density at radius 1 is 1.05 bits per heavy atom. The zero-order valence-corrected chi connectivity index (χ0v) is 11.9. The predicted molar refractivity (Wildman–Crippen MR) is 80.6 cm³/mol. The van der Waals surface area contributed by atoms with E-state index in [9.17, 15) is 9.50 Å². The van der Waals surface area contributed by atoms with Gasteiger partial charge in [-0.25, -0.2) is 4.39 Å². The van der Waals surface area contributed by atoms with Crippen LogP contribution < -0.4 is 4.90 Å². The number of hydrogen-bond donors (Lipinski definition) is 1. The van der Waals surface area contributed by atoms with Crippen molar-refractivity contribution in [2.75, 3.05) is 11.4 Å². The number of benzene rings is 2. The summed E-state index contributed by atoms with van der Waals surface area (Å²) in [6.45, 7) is 4.71. The number of phenols is 1. The molecule has 2 rings (SSSR count). The van der Waals surface area contributed by atoms with E-state index in [0.29, 0.717) is 12.2 Å². The maximum Gasteiger partial charge on any atom is 0.146 e. The molecule has 0 radical (unpaired) electrons. The van der Waals surface area contributed by atoms with Gasteiger partial charge in [-0.3, -0.25) is 0 Å². The molecule has 0 spiro atoms. The highest BCUT2D eigenvalue weighted by atomic mass is 19.1. The zero-order valence-electron chi connectivity index (χ0n) is 11.9. The highest BCUT2D eigenvalue weighted by Crippen LogP contribution is 2.35. The predicted octanol–water partition coefficient (Wildman–Crippen LogP) is 4.51. The maximum atomic E-state index is 14.0. The van der Waals surface area contributed by atoms with Crippen molar-refractivity contribution in [3.05, 3.63) is 59.9 Å². The molecule has 0 saturated heterocycles. The fourth-order valence-electron chi connectivity index (χ4n) is 2.62. The summed E-state index contributed by atoms with van der Waals surface area (Å²) in [5.74, 6) is 0.0253. The van der Waals surface area contributed by atoms with Crippen LogP contribution in [0.3, 0.4) is 0 Å². The maximum absolute atomic E-state index is 14.0. The summed E-state index contributed by atoms with van der Waals surface area (Å²) in [5, 5.41) is 10.1. The van der Waals surface area contributed by atoms with Crippen molar-refractivity contribution >= 4 is 5.69 Å². The number of hydrogen-bond acceptors (Lipinski definition) is 2. The van der Waals surface area contributed by atoms with Crippen LogP contribution in [-0.4, -0.2) is 11.7 Å². The van der Waals surface area contributed by atoms with Gasteiger partial charge in [0.25, 0.3) is 0 Å². The van der Waals surface area contributed by atoms with E-state index in [2.05, 4.69) is 0 Å².